The highest BCUT2D eigenvalue weighted by molar-refractivity contribution is 6.18. The number of amides is 1. The number of benzene rings is 1. The fourth-order valence-electron chi connectivity index (χ4n) is 1.73. The molecule has 0 radical (unpaired) electrons. The molecule has 0 saturated carbocycles. The van der Waals surface area contributed by atoms with Gasteiger partial charge < -0.3 is 9.32 Å². The van der Waals surface area contributed by atoms with Gasteiger partial charge in [-0.25, -0.2) is 0 Å². The third-order valence-electron chi connectivity index (χ3n) is 2.63. The van der Waals surface area contributed by atoms with E-state index in [-0.39, 0.29) is 5.91 Å². The lowest BCUT2D eigenvalue weighted by Gasteiger charge is -2.21. The maximum absolute atomic E-state index is 12.2. The minimum atomic E-state index is -0.0618. The van der Waals surface area contributed by atoms with E-state index in [4.69, 9.17) is 16.0 Å². The van der Waals surface area contributed by atoms with Crippen molar-refractivity contribution in [1.29, 1.82) is 0 Å². The minimum absolute atomic E-state index is 0.0618. The second-order valence-electron chi connectivity index (χ2n) is 3.91. The first-order valence-electron chi connectivity index (χ1n) is 5.72. The summed E-state index contributed by atoms with van der Waals surface area (Å²) in [7, 11) is 0. The van der Waals surface area contributed by atoms with Gasteiger partial charge in [0.25, 0.3) is 5.91 Å². The van der Waals surface area contributed by atoms with Crippen molar-refractivity contribution >= 4 is 17.5 Å². The second kappa shape index (κ2) is 6.26. The lowest BCUT2D eigenvalue weighted by atomic mass is 10.2. The quantitative estimate of drug-likeness (QED) is 0.777. The van der Waals surface area contributed by atoms with Crippen LogP contribution in [0.2, 0.25) is 0 Å². The van der Waals surface area contributed by atoms with Crippen LogP contribution in [-0.2, 0) is 6.54 Å². The molecule has 2 aromatic rings. The normalized spacial score (nSPS) is 10.3. The highest BCUT2D eigenvalue weighted by Gasteiger charge is 2.16. The van der Waals surface area contributed by atoms with Crippen molar-refractivity contribution in [1.82, 2.24) is 4.90 Å². The Morgan fingerprint density at radius 1 is 1.22 bits per heavy atom. The zero-order chi connectivity index (χ0) is 12.8. The molecule has 0 unspecified atom stereocenters. The number of hydrogen-bond donors (Lipinski definition) is 0. The molecule has 0 aliphatic heterocycles. The molecule has 0 saturated heterocycles. The smallest absolute Gasteiger partial charge is 0.257 e. The maximum atomic E-state index is 12.2. The van der Waals surface area contributed by atoms with Crippen molar-refractivity contribution in [2.24, 2.45) is 0 Å². The zero-order valence-corrected chi connectivity index (χ0v) is 10.6. The van der Waals surface area contributed by atoms with Gasteiger partial charge >= 0.3 is 0 Å². The van der Waals surface area contributed by atoms with Crippen LogP contribution in [0.5, 0.6) is 0 Å². The van der Waals surface area contributed by atoms with Crippen LogP contribution in [-0.4, -0.2) is 23.2 Å². The summed E-state index contributed by atoms with van der Waals surface area (Å²) < 4.78 is 4.93. The number of carbonyl (C=O) groups excluding carboxylic acids is 1. The highest BCUT2D eigenvalue weighted by atomic mass is 35.5. The zero-order valence-electron chi connectivity index (χ0n) is 9.88. The highest BCUT2D eigenvalue weighted by Crippen LogP contribution is 2.10. The van der Waals surface area contributed by atoms with E-state index in [0.29, 0.717) is 24.5 Å². The Kier molecular flexibility index (Phi) is 4.42. The van der Waals surface area contributed by atoms with Gasteiger partial charge in [0, 0.05) is 19.0 Å². The molecule has 4 heteroatoms. The molecule has 0 spiro atoms. The Bertz CT molecular complexity index is 482. The second-order valence-corrected chi connectivity index (χ2v) is 4.29. The van der Waals surface area contributed by atoms with Crippen LogP contribution in [0.25, 0.3) is 0 Å². The van der Waals surface area contributed by atoms with Crippen molar-refractivity contribution in [3.63, 3.8) is 0 Å². The van der Waals surface area contributed by atoms with Crippen molar-refractivity contribution in [2.45, 2.75) is 6.54 Å². The lowest BCUT2D eigenvalue weighted by molar-refractivity contribution is 0.0753. The SMILES string of the molecule is O=C(c1ccoc1)N(CCCl)Cc1ccccc1. The topological polar surface area (TPSA) is 33.5 Å². The molecular weight excluding hydrogens is 250 g/mol. The summed E-state index contributed by atoms with van der Waals surface area (Å²) in [6, 6.07) is 11.5. The average Bonchev–Trinajstić information content (AvgIpc) is 2.92. The average molecular weight is 264 g/mol. The van der Waals surface area contributed by atoms with Crippen LogP contribution in [0.1, 0.15) is 15.9 Å². The van der Waals surface area contributed by atoms with Crippen molar-refractivity contribution < 1.29 is 9.21 Å². The van der Waals surface area contributed by atoms with E-state index < -0.39 is 0 Å². The van der Waals surface area contributed by atoms with Crippen LogP contribution in [0.15, 0.2) is 53.3 Å². The van der Waals surface area contributed by atoms with Gasteiger partial charge in [0.1, 0.15) is 6.26 Å². The summed E-state index contributed by atoms with van der Waals surface area (Å²) in [5.74, 6) is 0.351. The van der Waals surface area contributed by atoms with E-state index in [1.807, 2.05) is 30.3 Å². The molecular formula is C14H14ClNO2. The summed E-state index contributed by atoms with van der Waals surface area (Å²) >= 11 is 5.75. The molecule has 0 fully saturated rings. The van der Waals surface area contributed by atoms with E-state index in [1.165, 1.54) is 12.5 Å². The Morgan fingerprint density at radius 2 is 2.00 bits per heavy atom. The Balaban J connectivity index is 2.11. The van der Waals surface area contributed by atoms with Gasteiger partial charge in [-0.05, 0) is 11.6 Å². The predicted octanol–water partition coefficient (Wildman–Crippen LogP) is 3.16. The summed E-state index contributed by atoms with van der Waals surface area (Å²) in [5, 5.41) is 0. The first-order valence-corrected chi connectivity index (χ1v) is 6.26. The molecule has 1 aromatic heterocycles. The monoisotopic (exact) mass is 263 g/mol. The molecule has 1 aromatic carbocycles. The van der Waals surface area contributed by atoms with Crippen LogP contribution < -0.4 is 0 Å². The molecule has 18 heavy (non-hydrogen) atoms. The van der Waals surface area contributed by atoms with E-state index in [1.54, 1.807) is 11.0 Å². The standard InChI is InChI=1S/C14H14ClNO2/c15-7-8-16(10-12-4-2-1-3-5-12)14(17)13-6-9-18-11-13/h1-6,9,11H,7-8,10H2. The predicted molar refractivity (Wildman–Crippen MR) is 70.6 cm³/mol. The third kappa shape index (κ3) is 3.14. The molecule has 3 nitrogen and oxygen atoms in total. The van der Waals surface area contributed by atoms with Crippen LogP contribution in [0, 0.1) is 0 Å². The fraction of sp³-hybridized carbons (Fsp3) is 0.214. The van der Waals surface area contributed by atoms with Gasteiger partial charge in [0.05, 0.1) is 11.8 Å². The number of carbonyl (C=O) groups is 1. The van der Waals surface area contributed by atoms with Gasteiger partial charge in [0.2, 0.25) is 0 Å². The minimum Gasteiger partial charge on any atom is -0.472 e. The van der Waals surface area contributed by atoms with E-state index in [2.05, 4.69) is 0 Å². The van der Waals surface area contributed by atoms with Gasteiger partial charge in [-0.3, -0.25) is 4.79 Å². The molecule has 1 amide bonds. The molecule has 94 valence electrons. The number of halogens is 1. The van der Waals surface area contributed by atoms with Crippen molar-refractivity contribution in [2.75, 3.05) is 12.4 Å². The van der Waals surface area contributed by atoms with E-state index >= 15 is 0 Å². The molecule has 0 bridgehead atoms. The summed E-state index contributed by atoms with van der Waals surface area (Å²) in [6.45, 7) is 1.07. The summed E-state index contributed by atoms with van der Waals surface area (Å²) in [6.07, 6.45) is 2.95. The van der Waals surface area contributed by atoms with Crippen molar-refractivity contribution in [3.8, 4) is 0 Å². The molecule has 0 aliphatic rings. The molecule has 2 rings (SSSR count). The summed E-state index contributed by atoms with van der Waals surface area (Å²) in [4.78, 5) is 13.9. The first kappa shape index (κ1) is 12.7. The molecule has 1 heterocycles. The Morgan fingerprint density at radius 3 is 2.61 bits per heavy atom. The molecule has 0 aliphatic carbocycles. The third-order valence-corrected chi connectivity index (χ3v) is 2.80. The van der Waals surface area contributed by atoms with Gasteiger partial charge in [-0.15, -0.1) is 11.6 Å². The van der Waals surface area contributed by atoms with Crippen LogP contribution in [0.3, 0.4) is 0 Å². The molecule has 0 N–H and O–H groups in total. The van der Waals surface area contributed by atoms with Crippen molar-refractivity contribution in [3.05, 3.63) is 60.1 Å². The number of alkyl halides is 1. The summed E-state index contributed by atoms with van der Waals surface area (Å²) in [5.41, 5.74) is 1.63. The number of hydrogen-bond acceptors (Lipinski definition) is 2. The largest absolute Gasteiger partial charge is 0.472 e. The van der Waals surface area contributed by atoms with E-state index in [9.17, 15) is 4.79 Å². The lowest BCUT2D eigenvalue weighted by Crippen LogP contribution is -2.32. The van der Waals surface area contributed by atoms with Gasteiger partial charge in [-0.1, -0.05) is 30.3 Å². The number of rotatable bonds is 5. The van der Waals surface area contributed by atoms with Crippen LogP contribution in [0.4, 0.5) is 0 Å². The first-order chi connectivity index (χ1) is 8.81. The number of nitrogens with zero attached hydrogens (tertiary/aromatic N) is 1. The maximum Gasteiger partial charge on any atom is 0.257 e. The van der Waals surface area contributed by atoms with Crippen LogP contribution >= 0.6 is 11.6 Å². The Labute approximate surface area is 111 Å². The Hall–Kier alpha value is -1.74. The fourth-order valence-corrected chi connectivity index (χ4v) is 1.93. The van der Waals surface area contributed by atoms with Gasteiger partial charge in [-0.2, -0.15) is 0 Å². The van der Waals surface area contributed by atoms with E-state index in [0.717, 1.165) is 5.56 Å². The number of furan rings is 1. The van der Waals surface area contributed by atoms with Gasteiger partial charge in [0.15, 0.2) is 0 Å². The molecule has 0 atom stereocenters.